The number of methoxy groups -OCH3 is 2. The average molecular weight is 224 g/mol. The number of carbonyl (C=O) groups is 1. The molecule has 4 nitrogen and oxygen atoms in total. The standard InChI is InChI=1S/C12H16O4/c1-4-8-16-10-7-5-6-9(11(10)14-2)12(13)15-3/h5-7H,4,8H2,1-3H3. The lowest BCUT2D eigenvalue weighted by Crippen LogP contribution is -2.06. The van der Waals surface area contributed by atoms with Crippen LogP contribution in [0.25, 0.3) is 0 Å². The molecule has 0 fully saturated rings. The summed E-state index contributed by atoms with van der Waals surface area (Å²) in [6.45, 7) is 2.59. The summed E-state index contributed by atoms with van der Waals surface area (Å²) in [5.41, 5.74) is 0.374. The molecule has 1 aromatic rings. The molecule has 1 rings (SSSR count). The van der Waals surface area contributed by atoms with Crippen LogP contribution in [0.5, 0.6) is 11.5 Å². The van der Waals surface area contributed by atoms with Gasteiger partial charge in [-0.05, 0) is 18.6 Å². The number of para-hydroxylation sites is 1. The summed E-state index contributed by atoms with van der Waals surface area (Å²) in [5.74, 6) is 0.550. The van der Waals surface area contributed by atoms with E-state index in [9.17, 15) is 4.79 Å². The molecule has 0 aliphatic rings. The minimum atomic E-state index is -0.432. The summed E-state index contributed by atoms with van der Waals surface area (Å²) in [5, 5.41) is 0. The molecule has 0 saturated heterocycles. The predicted molar refractivity (Wildman–Crippen MR) is 60.1 cm³/mol. The van der Waals surface area contributed by atoms with Crippen molar-refractivity contribution in [2.45, 2.75) is 13.3 Å². The number of benzene rings is 1. The Morgan fingerprint density at radius 1 is 1.31 bits per heavy atom. The molecule has 0 heterocycles. The molecule has 0 N–H and O–H groups in total. The zero-order chi connectivity index (χ0) is 12.0. The van der Waals surface area contributed by atoms with Gasteiger partial charge in [-0.3, -0.25) is 0 Å². The van der Waals surface area contributed by atoms with Crippen molar-refractivity contribution in [3.63, 3.8) is 0 Å². The molecule has 1 aromatic carbocycles. The maximum atomic E-state index is 11.5. The van der Waals surface area contributed by atoms with E-state index in [-0.39, 0.29) is 0 Å². The molecule has 0 aliphatic carbocycles. The third kappa shape index (κ3) is 2.66. The van der Waals surface area contributed by atoms with Crippen LogP contribution in [0.15, 0.2) is 18.2 Å². The zero-order valence-corrected chi connectivity index (χ0v) is 9.78. The third-order valence-electron chi connectivity index (χ3n) is 2.05. The minimum absolute atomic E-state index is 0.374. The van der Waals surface area contributed by atoms with E-state index in [2.05, 4.69) is 4.74 Å². The Balaban J connectivity index is 3.05. The largest absolute Gasteiger partial charge is 0.492 e. The van der Waals surface area contributed by atoms with Gasteiger partial charge in [0.15, 0.2) is 11.5 Å². The predicted octanol–water partition coefficient (Wildman–Crippen LogP) is 2.27. The highest BCUT2D eigenvalue weighted by Gasteiger charge is 2.16. The molecule has 88 valence electrons. The van der Waals surface area contributed by atoms with Crippen LogP contribution in [0.1, 0.15) is 23.7 Å². The van der Waals surface area contributed by atoms with Crippen molar-refractivity contribution in [1.29, 1.82) is 0 Å². The average Bonchev–Trinajstić information content (AvgIpc) is 2.34. The molecule has 0 bridgehead atoms. The second-order valence-electron chi connectivity index (χ2n) is 3.18. The van der Waals surface area contributed by atoms with Gasteiger partial charge in [0.1, 0.15) is 5.56 Å². The summed E-state index contributed by atoms with van der Waals surface area (Å²) in [7, 11) is 2.84. The molecule has 0 aromatic heterocycles. The van der Waals surface area contributed by atoms with Gasteiger partial charge in [-0.1, -0.05) is 13.0 Å². The molecular weight excluding hydrogens is 208 g/mol. The lowest BCUT2D eigenvalue weighted by molar-refractivity contribution is 0.0596. The van der Waals surface area contributed by atoms with E-state index >= 15 is 0 Å². The molecular formula is C12H16O4. The smallest absolute Gasteiger partial charge is 0.341 e. The number of esters is 1. The van der Waals surface area contributed by atoms with E-state index in [4.69, 9.17) is 9.47 Å². The van der Waals surface area contributed by atoms with E-state index < -0.39 is 5.97 Å². The Morgan fingerprint density at radius 3 is 2.62 bits per heavy atom. The minimum Gasteiger partial charge on any atom is -0.492 e. The van der Waals surface area contributed by atoms with E-state index in [1.54, 1.807) is 18.2 Å². The molecule has 0 atom stereocenters. The van der Waals surface area contributed by atoms with Crippen molar-refractivity contribution < 1.29 is 19.0 Å². The molecule has 0 saturated carbocycles. The van der Waals surface area contributed by atoms with Crippen LogP contribution in [0.2, 0.25) is 0 Å². The first kappa shape index (κ1) is 12.4. The quantitative estimate of drug-likeness (QED) is 0.720. The van der Waals surface area contributed by atoms with Gasteiger partial charge >= 0.3 is 5.97 Å². The molecule has 16 heavy (non-hydrogen) atoms. The van der Waals surface area contributed by atoms with Gasteiger partial charge in [0, 0.05) is 0 Å². The van der Waals surface area contributed by atoms with Gasteiger partial charge in [0.2, 0.25) is 0 Å². The highest BCUT2D eigenvalue weighted by atomic mass is 16.5. The van der Waals surface area contributed by atoms with E-state index in [1.165, 1.54) is 14.2 Å². The first-order valence-electron chi connectivity index (χ1n) is 5.12. The Bertz CT molecular complexity index is 360. The number of hydrogen-bond acceptors (Lipinski definition) is 4. The topological polar surface area (TPSA) is 44.8 Å². The van der Waals surface area contributed by atoms with Crippen molar-refractivity contribution >= 4 is 5.97 Å². The highest BCUT2D eigenvalue weighted by Crippen LogP contribution is 2.31. The lowest BCUT2D eigenvalue weighted by Gasteiger charge is -2.12. The maximum Gasteiger partial charge on any atom is 0.341 e. The molecule has 0 radical (unpaired) electrons. The summed E-state index contributed by atoms with van der Waals surface area (Å²) in [6, 6.07) is 5.14. The third-order valence-corrected chi connectivity index (χ3v) is 2.05. The van der Waals surface area contributed by atoms with E-state index in [0.29, 0.717) is 23.7 Å². The van der Waals surface area contributed by atoms with Crippen LogP contribution in [0, 0.1) is 0 Å². The number of rotatable bonds is 5. The maximum absolute atomic E-state index is 11.5. The van der Waals surface area contributed by atoms with Gasteiger partial charge in [-0.2, -0.15) is 0 Å². The number of ether oxygens (including phenoxy) is 3. The first-order chi connectivity index (χ1) is 7.74. The van der Waals surface area contributed by atoms with E-state index in [0.717, 1.165) is 6.42 Å². The van der Waals surface area contributed by atoms with Crippen LogP contribution in [-0.2, 0) is 4.74 Å². The van der Waals surface area contributed by atoms with Crippen LogP contribution in [0.4, 0.5) is 0 Å². The summed E-state index contributed by atoms with van der Waals surface area (Å²) in [6.07, 6.45) is 0.894. The Hall–Kier alpha value is -1.71. The lowest BCUT2D eigenvalue weighted by atomic mass is 10.2. The highest BCUT2D eigenvalue weighted by molar-refractivity contribution is 5.93. The number of carbonyl (C=O) groups excluding carboxylic acids is 1. The van der Waals surface area contributed by atoms with Gasteiger partial charge in [0.05, 0.1) is 20.8 Å². The fourth-order valence-electron chi connectivity index (χ4n) is 1.32. The zero-order valence-electron chi connectivity index (χ0n) is 9.78. The fraction of sp³-hybridized carbons (Fsp3) is 0.417. The van der Waals surface area contributed by atoms with Crippen molar-refractivity contribution in [3.05, 3.63) is 23.8 Å². The molecule has 0 aliphatic heterocycles. The second-order valence-corrected chi connectivity index (χ2v) is 3.18. The normalized spacial score (nSPS) is 9.69. The van der Waals surface area contributed by atoms with Crippen molar-refractivity contribution in [2.24, 2.45) is 0 Å². The van der Waals surface area contributed by atoms with Crippen LogP contribution < -0.4 is 9.47 Å². The van der Waals surface area contributed by atoms with Crippen molar-refractivity contribution in [1.82, 2.24) is 0 Å². The molecule has 0 unspecified atom stereocenters. The van der Waals surface area contributed by atoms with Crippen molar-refractivity contribution in [3.8, 4) is 11.5 Å². The van der Waals surface area contributed by atoms with Crippen LogP contribution in [0.3, 0.4) is 0 Å². The van der Waals surface area contributed by atoms with Gasteiger partial charge in [-0.15, -0.1) is 0 Å². The first-order valence-corrected chi connectivity index (χ1v) is 5.12. The Kier molecular flexibility index (Phi) is 4.64. The van der Waals surface area contributed by atoms with Crippen LogP contribution >= 0.6 is 0 Å². The van der Waals surface area contributed by atoms with E-state index in [1.807, 2.05) is 6.92 Å². The Morgan fingerprint density at radius 2 is 2.06 bits per heavy atom. The molecule has 0 spiro atoms. The fourth-order valence-corrected chi connectivity index (χ4v) is 1.32. The SMILES string of the molecule is CCCOc1cccc(C(=O)OC)c1OC. The van der Waals surface area contributed by atoms with Crippen molar-refractivity contribution in [2.75, 3.05) is 20.8 Å². The summed E-state index contributed by atoms with van der Waals surface area (Å²) in [4.78, 5) is 11.5. The van der Waals surface area contributed by atoms with Gasteiger partial charge in [0.25, 0.3) is 0 Å². The molecule has 0 amide bonds. The Labute approximate surface area is 95.1 Å². The number of hydrogen-bond donors (Lipinski definition) is 0. The summed E-state index contributed by atoms with van der Waals surface area (Å²) >= 11 is 0. The van der Waals surface area contributed by atoms with Crippen LogP contribution in [-0.4, -0.2) is 26.8 Å². The van der Waals surface area contributed by atoms with Gasteiger partial charge in [-0.25, -0.2) is 4.79 Å². The van der Waals surface area contributed by atoms with Gasteiger partial charge < -0.3 is 14.2 Å². The second kappa shape index (κ2) is 6.00. The molecule has 4 heteroatoms. The monoisotopic (exact) mass is 224 g/mol. The summed E-state index contributed by atoms with van der Waals surface area (Å²) < 4.78 is 15.3.